The Labute approximate surface area is 248 Å². The zero-order valence-electron chi connectivity index (χ0n) is 25.6. The molecule has 1 saturated heterocycles. The number of ether oxygens (including phenoxy) is 2. The van der Waals surface area contributed by atoms with Crippen LogP contribution in [0.25, 0.3) is 0 Å². The highest BCUT2D eigenvalue weighted by Gasteiger charge is 2.39. The Morgan fingerprint density at radius 2 is 1.83 bits per heavy atom. The van der Waals surface area contributed by atoms with Crippen molar-refractivity contribution < 1.29 is 19.4 Å². The first-order valence-electron chi connectivity index (χ1n) is 15.3. The number of nitrogens with zero attached hydrogens (tertiary/aromatic N) is 7. The van der Waals surface area contributed by atoms with E-state index in [1.165, 1.54) is 5.56 Å². The molecule has 1 N–H and O–H groups in total. The van der Waals surface area contributed by atoms with E-state index in [-0.39, 0.29) is 12.1 Å². The number of amides is 1. The van der Waals surface area contributed by atoms with Crippen LogP contribution in [0.5, 0.6) is 5.75 Å². The largest absolute Gasteiger partial charge is 0.486 e. The maximum Gasteiger partial charge on any atom is 0.410 e. The lowest BCUT2D eigenvalue weighted by atomic mass is 9.85. The van der Waals surface area contributed by atoms with Crippen molar-refractivity contribution in [2.45, 2.75) is 109 Å². The second-order valence-electron chi connectivity index (χ2n) is 12.8. The summed E-state index contributed by atoms with van der Waals surface area (Å²) in [6, 6.07) is 8.47. The molecule has 2 aliphatic rings. The maximum absolute atomic E-state index is 12.4. The lowest BCUT2D eigenvalue weighted by Crippen LogP contribution is -2.47. The van der Waals surface area contributed by atoms with E-state index in [2.05, 4.69) is 44.1 Å². The van der Waals surface area contributed by atoms with Gasteiger partial charge in [-0.2, -0.15) is 0 Å². The quantitative estimate of drug-likeness (QED) is 0.393. The van der Waals surface area contributed by atoms with Crippen molar-refractivity contribution in [2.24, 2.45) is 7.05 Å². The highest BCUT2D eigenvalue weighted by Crippen LogP contribution is 2.38. The molecule has 0 unspecified atom stereocenters. The number of hydrogen-bond donors (Lipinski definition) is 1. The van der Waals surface area contributed by atoms with Crippen LogP contribution in [0.4, 0.5) is 4.79 Å². The molecule has 0 radical (unpaired) electrons. The van der Waals surface area contributed by atoms with Gasteiger partial charge in [0.25, 0.3) is 0 Å². The Balaban J connectivity index is 1.13. The van der Waals surface area contributed by atoms with Crippen LogP contribution in [0, 0.1) is 0 Å². The molecular formula is C31H45N7O4. The lowest BCUT2D eigenvalue weighted by Gasteiger charge is -2.37. The standard InChI is InChI=1S/C31H45N7O4/c1-6-8-22-9-7-10-25(19-22)41-21-27-33-34-28(36(27)5)23-11-13-24(14-12-23)38-20-26(32-35-38)31(40)15-17-37(18-16-31)29(39)42-30(2,3)4/h7,9-10,19-20,23-24,40H,6,8,11-18,21H2,1-5H3. The third-order valence-electron chi connectivity index (χ3n) is 8.47. The van der Waals surface area contributed by atoms with Gasteiger partial charge in [-0.3, -0.25) is 0 Å². The summed E-state index contributed by atoms with van der Waals surface area (Å²) in [6.07, 6.45) is 8.34. The van der Waals surface area contributed by atoms with Crippen molar-refractivity contribution in [3.8, 4) is 5.75 Å². The van der Waals surface area contributed by atoms with Crippen LogP contribution in [0.2, 0.25) is 0 Å². The summed E-state index contributed by atoms with van der Waals surface area (Å²) in [7, 11) is 2.02. The smallest absolute Gasteiger partial charge is 0.410 e. The summed E-state index contributed by atoms with van der Waals surface area (Å²) >= 11 is 0. The van der Waals surface area contributed by atoms with Gasteiger partial charge in [0.2, 0.25) is 0 Å². The number of carbonyl (C=O) groups excluding carboxylic acids is 1. The molecule has 1 aromatic carbocycles. The van der Waals surface area contributed by atoms with Crippen molar-refractivity contribution >= 4 is 6.09 Å². The predicted octanol–water partition coefficient (Wildman–Crippen LogP) is 5.06. The van der Waals surface area contributed by atoms with Gasteiger partial charge in [0.15, 0.2) is 5.82 Å². The van der Waals surface area contributed by atoms with Crippen molar-refractivity contribution in [3.63, 3.8) is 0 Å². The van der Waals surface area contributed by atoms with Gasteiger partial charge < -0.3 is 24.0 Å². The van der Waals surface area contributed by atoms with E-state index in [0.717, 1.165) is 55.9 Å². The zero-order chi connectivity index (χ0) is 29.9. The minimum Gasteiger partial charge on any atom is -0.486 e. The first kappa shape index (κ1) is 30.0. The summed E-state index contributed by atoms with van der Waals surface area (Å²) in [6.45, 7) is 8.95. The number of carbonyl (C=O) groups is 1. The topological polar surface area (TPSA) is 120 Å². The van der Waals surface area contributed by atoms with E-state index in [0.29, 0.717) is 44.1 Å². The van der Waals surface area contributed by atoms with Gasteiger partial charge >= 0.3 is 6.09 Å². The first-order chi connectivity index (χ1) is 20.0. The molecule has 42 heavy (non-hydrogen) atoms. The fourth-order valence-corrected chi connectivity index (χ4v) is 5.99. The minimum absolute atomic E-state index is 0.222. The number of likely N-dealkylation sites (tertiary alicyclic amines) is 1. The molecule has 1 aliphatic carbocycles. The fourth-order valence-electron chi connectivity index (χ4n) is 5.99. The Kier molecular flexibility index (Phi) is 8.86. The molecule has 2 aromatic heterocycles. The summed E-state index contributed by atoms with van der Waals surface area (Å²) in [4.78, 5) is 14.1. The second-order valence-corrected chi connectivity index (χ2v) is 12.8. The number of aryl methyl sites for hydroxylation is 1. The number of aliphatic hydroxyl groups is 1. The van der Waals surface area contributed by atoms with Crippen molar-refractivity contribution in [3.05, 3.63) is 53.4 Å². The molecule has 1 aliphatic heterocycles. The molecule has 0 bridgehead atoms. The average Bonchev–Trinajstić information content (AvgIpc) is 3.60. The highest BCUT2D eigenvalue weighted by atomic mass is 16.6. The van der Waals surface area contributed by atoms with Crippen LogP contribution in [-0.4, -0.2) is 64.5 Å². The minimum atomic E-state index is -1.09. The number of rotatable bonds is 8. The zero-order valence-corrected chi connectivity index (χ0v) is 25.6. The molecular weight excluding hydrogens is 534 g/mol. The van der Waals surface area contributed by atoms with Gasteiger partial charge in [0.05, 0.1) is 12.2 Å². The van der Waals surface area contributed by atoms with E-state index in [1.54, 1.807) is 4.90 Å². The Bertz CT molecular complexity index is 1350. The number of benzene rings is 1. The fraction of sp³-hybridized carbons (Fsp3) is 0.645. The SMILES string of the molecule is CCCc1cccc(OCc2nnc(C3CCC(n4cc(C5(O)CCN(C(=O)OC(C)(C)C)CC5)nn4)CC3)n2C)c1. The van der Waals surface area contributed by atoms with E-state index in [9.17, 15) is 9.90 Å². The van der Waals surface area contributed by atoms with Crippen molar-refractivity contribution in [2.75, 3.05) is 13.1 Å². The van der Waals surface area contributed by atoms with Gasteiger partial charge in [-0.05, 0) is 83.4 Å². The van der Waals surface area contributed by atoms with Crippen LogP contribution in [0.15, 0.2) is 30.5 Å². The van der Waals surface area contributed by atoms with E-state index >= 15 is 0 Å². The molecule has 3 heterocycles. The van der Waals surface area contributed by atoms with Crippen LogP contribution < -0.4 is 4.74 Å². The molecule has 0 atom stereocenters. The van der Waals surface area contributed by atoms with Crippen molar-refractivity contribution in [1.82, 2.24) is 34.7 Å². The number of hydrogen-bond acceptors (Lipinski definition) is 8. The van der Waals surface area contributed by atoms with Gasteiger partial charge in [-0.1, -0.05) is 30.7 Å². The molecule has 1 saturated carbocycles. The van der Waals surface area contributed by atoms with Crippen LogP contribution in [0.1, 0.15) is 108 Å². The monoisotopic (exact) mass is 579 g/mol. The first-order valence-corrected chi connectivity index (χ1v) is 15.3. The molecule has 1 amide bonds. The summed E-state index contributed by atoms with van der Waals surface area (Å²) in [5.74, 6) is 3.00. The maximum atomic E-state index is 12.4. The highest BCUT2D eigenvalue weighted by molar-refractivity contribution is 5.68. The molecule has 5 rings (SSSR count). The van der Waals surface area contributed by atoms with Gasteiger partial charge in [0.1, 0.15) is 35.1 Å². The van der Waals surface area contributed by atoms with Crippen LogP contribution in [-0.2, 0) is 30.4 Å². The number of piperidine rings is 1. The number of aromatic nitrogens is 6. The van der Waals surface area contributed by atoms with Gasteiger partial charge in [-0.25, -0.2) is 9.48 Å². The molecule has 2 fully saturated rings. The summed E-state index contributed by atoms with van der Waals surface area (Å²) in [5, 5.41) is 29.1. The normalized spacial score (nSPS) is 20.9. The second kappa shape index (κ2) is 12.4. The van der Waals surface area contributed by atoms with E-state index in [1.807, 2.05) is 50.8 Å². The van der Waals surface area contributed by atoms with E-state index in [4.69, 9.17) is 9.47 Å². The average molecular weight is 580 g/mol. The van der Waals surface area contributed by atoms with Crippen LogP contribution in [0.3, 0.4) is 0 Å². The molecule has 3 aromatic rings. The third kappa shape index (κ3) is 6.94. The molecule has 0 spiro atoms. The molecule has 11 nitrogen and oxygen atoms in total. The molecule has 228 valence electrons. The Hall–Kier alpha value is -3.47. The summed E-state index contributed by atoms with van der Waals surface area (Å²) in [5.41, 5.74) is 0.216. The lowest BCUT2D eigenvalue weighted by molar-refractivity contribution is -0.0382. The summed E-state index contributed by atoms with van der Waals surface area (Å²) < 4.78 is 15.5. The Morgan fingerprint density at radius 3 is 2.52 bits per heavy atom. The van der Waals surface area contributed by atoms with Crippen LogP contribution >= 0.6 is 0 Å². The van der Waals surface area contributed by atoms with E-state index < -0.39 is 11.2 Å². The Morgan fingerprint density at radius 1 is 1.10 bits per heavy atom. The van der Waals surface area contributed by atoms with Gasteiger partial charge in [-0.15, -0.1) is 15.3 Å². The van der Waals surface area contributed by atoms with Gasteiger partial charge in [0, 0.05) is 26.1 Å². The molecule has 11 heteroatoms. The third-order valence-corrected chi connectivity index (χ3v) is 8.47. The predicted molar refractivity (Wildman–Crippen MR) is 157 cm³/mol. The van der Waals surface area contributed by atoms with Crippen molar-refractivity contribution in [1.29, 1.82) is 0 Å².